The highest BCUT2D eigenvalue weighted by atomic mass is 16.5. The van der Waals surface area contributed by atoms with Crippen LogP contribution >= 0.6 is 0 Å². The smallest absolute Gasteiger partial charge is 0.309 e. The van der Waals surface area contributed by atoms with Crippen LogP contribution in [0.5, 0.6) is 11.5 Å². The zero-order valence-corrected chi connectivity index (χ0v) is 17.6. The van der Waals surface area contributed by atoms with Crippen LogP contribution in [-0.2, 0) is 9.53 Å². The zero-order chi connectivity index (χ0) is 20.8. The van der Waals surface area contributed by atoms with Crippen molar-refractivity contribution in [3.8, 4) is 22.6 Å². The average Bonchev–Trinajstić information content (AvgIpc) is 2.76. The number of hydrogen-bond donors (Lipinski definition) is 1. The Hall–Kier alpha value is -2.69. The zero-order valence-electron chi connectivity index (χ0n) is 17.6. The van der Waals surface area contributed by atoms with Gasteiger partial charge in [-0.1, -0.05) is 44.4 Å². The first-order chi connectivity index (χ1) is 14.1. The van der Waals surface area contributed by atoms with Gasteiger partial charge in [0.2, 0.25) is 0 Å². The second-order valence-electron chi connectivity index (χ2n) is 7.56. The van der Waals surface area contributed by atoms with Crippen LogP contribution in [0.25, 0.3) is 11.1 Å². The predicted molar refractivity (Wildman–Crippen MR) is 115 cm³/mol. The minimum atomic E-state index is -0.360. The normalized spacial score (nSPS) is 15.6. The Labute approximate surface area is 173 Å². The molecule has 2 N–H and O–H groups in total. The summed E-state index contributed by atoms with van der Waals surface area (Å²) in [5, 5.41) is 0. The second-order valence-corrected chi connectivity index (χ2v) is 7.56. The number of carbonyl (C=O) groups is 1. The summed E-state index contributed by atoms with van der Waals surface area (Å²) in [7, 11) is 3.23. The quantitative estimate of drug-likeness (QED) is 0.491. The van der Waals surface area contributed by atoms with E-state index < -0.39 is 0 Å². The van der Waals surface area contributed by atoms with Gasteiger partial charge in [0.25, 0.3) is 0 Å². The molecule has 0 aliphatic heterocycles. The van der Waals surface area contributed by atoms with Gasteiger partial charge in [0.15, 0.2) is 11.5 Å². The summed E-state index contributed by atoms with van der Waals surface area (Å²) in [5.41, 5.74) is 9.35. The third kappa shape index (κ3) is 4.66. The topological polar surface area (TPSA) is 70.8 Å². The van der Waals surface area contributed by atoms with Gasteiger partial charge in [0, 0.05) is 16.8 Å². The molecule has 1 atom stereocenters. The van der Waals surface area contributed by atoms with Crippen LogP contribution in [-0.4, -0.2) is 20.2 Å². The van der Waals surface area contributed by atoms with E-state index >= 15 is 0 Å². The molecule has 2 aromatic rings. The lowest BCUT2D eigenvalue weighted by atomic mass is 9.89. The van der Waals surface area contributed by atoms with Crippen molar-refractivity contribution in [1.82, 2.24) is 0 Å². The van der Waals surface area contributed by atoms with Crippen LogP contribution in [0.1, 0.15) is 57.1 Å². The molecule has 1 fully saturated rings. The van der Waals surface area contributed by atoms with E-state index in [9.17, 15) is 4.79 Å². The number of hydrogen-bond acceptors (Lipinski definition) is 5. The number of ether oxygens (including phenoxy) is 3. The minimum Gasteiger partial charge on any atom is -0.493 e. The first-order valence-corrected chi connectivity index (χ1v) is 10.4. The van der Waals surface area contributed by atoms with E-state index in [0.717, 1.165) is 42.4 Å². The van der Waals surface area contributed by atoms with Gasteiger partial charge >= 0.3 is 5.97 Å². The number of anilines is 1. The van der Waals surface area contributed by atoms with Crippen LogP contribution in [0.15, 0.2) is 36.4 Å². The van der Waals surface area contributed by atoms with Gasteiger partial charge in [-0.3, -0.25) is 4.79 Å². The highest BCUT2D eigenvalue weighted by molar-refractivity contribution is 5.80. The molecule has 0 radical (unpaired) electrons. The third-order valence-corrected chi connectivity index (χ3v) is 5.67. The van der Waals surface area contributed by atoms with Gasteiger partial charge in [-0.15, -0.1) is 0 Å². The maximum atomic E-state index is 12.8. The first kappa shape index (κ1) is 21.0. The van der Waals surface area contributed by atoms with E-state index in [1.165, 1.54) is 6.42 Å². The molecule has 5 nitrogen and oxygen atoms in total. The fourth-order valence-corrected chi connectivity index (χ4v) is 4.14. The first-order valence-electron chi connectivity index (χ1n) is 10.4. The largest absolute Gasteiger partial charge is 0.493 e. The number of nitrogens with two attached hydrogens (primary N) is 1. The van der Waals surface area contributed by atoms with Crippen LogP contribution in [0, 0.1) is 5.92 Å². The Morgan fingerprint density at radius 2 is 1.86 bits per heavy atom. The van der Waals surface area contributed by atoms with Gasteiger partial charge in [0.1, 0.15) is 6.10 Å². The molecule has 2 aromatic carbocycles. The second kappa shape index (κ2) is 9.68. The monoisotopic (exact) mass is 397 g/mol. The van der Waals surface area contributed by atoms with Crippen LogP contribution in [0.3, 0.4) is 0 Å². The molecule has 156 valence electrons. The van der Waals surface area contributed by atoms with Crippen molar-refractivity contribution in [2.45, 2.75) is 51.6 Å². The maximum absolute atomic E-state index is 12.8. The molecule has 1 aliphatic carbocycles. The Morgan fingerprint density at radius 3 is 2.48 bits per heavy atom. The number of esters is 1. The molecular formula is C24H31NO4. The Kier molecular flexibility index (Phi) is 7.02. The van der Waals surface area contributed by atoms with Crippen molar-refractivity contribution >= 4 is 11.7 Å². The summed E-state index contributed by atoms with van der Waals surface area (Å²) >= 11 is 0. The van der Waals surface area contributed by atoms with E-state index in [1.807, 2.05) is 43.3 Å². The van der Waals surface area contributed by atoms with E-state index in [4.69, 9.17) is 19.9 Å². The van der Waals surface area contributed by atoms with Crippen molar-refractivity contribution in [1.29, 1.82) is 0 Å². The standard InChI is InChI=1S/C24H31NO4/c1-4-20(29-24(26)16-9-6-5-7-10-16)19-13-14-21(27-2)23(28-3)22(19)17-11-8-12-18(25)15-17/h8,11-16,20H,4-7,9-10,25H2,1-3H3/t20-/m1/s1. The highest BCUT2D eigenvalue weighted by Crippen LogP contribution is 2.44. The molecule has 3 rings (SSSR count). The number of rotatable bonds is 7. The lowest BCUT2D eigenvalue weighted by Gasteiger charge is -2.26. The molecule has 29 heavy (non-hydrogen) atoms. The summed E-state index contributed by atoms with van der Waals surface area (Å²) in [5.74, 6) is 1.16. The maximum Gasteiger partial charge on any atom is 0.309 e. The Bertz CT molecular complexity index is 843. The number of benzene rings is 2. The molecule has 0 bridgehead atoms. The molecule has 0 amide bonds. The number of methoxy groups -OCH3 is 2. The summed E-state index contributed by atoms with van der Waals surface area (Å²) in [4.78, 5) is 12.8. The molecule has 0 saturated heterocycles. The molecule has 0 unspecified atom stereocenters. The molecular weight excluding hydrogens is 366 g/mol. The average molecular weight is 398 g/mol. The summed E-state index contributed by atoms with van der Waals surface area (Å²) in [6, 6.07) is 11.4. The Morgan fingerprint density at radius 1 is 1.10 bits per heavy atom. The third-order valence-electron chi connectivity index (χ3n) is 5.67. The molecule has 0 spiro atoms. The van der Waals surface area contributed by atoms with Gasteiger partial charge in [-0.05, 0) is 43.0 Å². The van der Waals surface area contributed by atoms with Crippen LogP contribution in [0.4, 0.5) is 5.69 Å². The molecule has 0 heterocycles. The summed E-state index contributed by atoms with van der Waals surface area (Å²) in [6.45, 7) is 2.03. The van der Waals surface area contributed by atoms with Gasteiger partial charge < -0.3 is 19.9 Å². The van der Waals surface area contributed by atoms with E-state index in [-0.39, 0.29) is 18.0 Å². The molecule has 5 heteroatoms. The number of nitrogen functional groups attached to an aromatic ring is 1. The van der Waals surface area contributed by atoms with Crippen LogP contribution in [0.2, 0.25) is 0 Å². The number of carbonyl (C=O) groups excluding carboxylic acids is 1. The van der Waals surface area contributed by atoms with Gasteiger partial charge in [-0.25, -0.2) is 0 Å². The van der Waals surface area contributed by atoms with Crippen LogP contribution < -0.4 is 15.2 Å². The molecule has 1 aliphatic rings. The van der Waals surface area contributed by atoms with E-state index in [1.54, 1.807) is 14.2 Å². The van der Waals surface area contributed by atoms with E-state index in [0.29, 0.717) is 23.6 Å². The molecule has 0 aromatic heterocycles. The predicted octanol–water partition coefficient (Wildman–Crippen LogP) is 5.53. The lowest BCUT2D eigenvalue weighted by Crippen LogP contribution is -2.22. The molecule has 1 saturated carbocycles. The summed E-state index contributed by atoms with van der Waals surface area (Å²) < 4.78 is 17.2. The van der Waals surface area contributed by atoms with Crippen molar-refractivity contribution < 1.29 is 19.0 Å². The lowest BCUT2D eigenvalue weighted by molar-refractivity contribution is -0.155. The van der Waals surface area contributed by atoms with Gasteiger partial charge in [-0.2, -0.15) is 0 Å². The van der Waals surface area contributed by atoms with Crippen molar-refractivity contribution in [2.24, 2.45) is 5.92 Å². The summed E-state index contributed by atoms with van der Waals surface area (Å²) in [6.07, 6.45) is 5.55. The Balaban J connectivity index is 2.03. The van der Waals surface area contributed by atoms with Crippen molar-refractivity contribution in [3.63, 3.8) is 0 Å². The SMILES string of the molecule is CC[C@@H](OC(=O)C1CCCCC1)c1ccc(OC)c(OC)c1-c1cccc(N)c1. The van der Waals surface area contributed by atoms with Crippen molar-refractivity contribution in [3.05, 3.63) is 42.0 Å². The fraction of sp³-hybridized carbons (Fsp3) is 0.458. The van der Waals surface area contributed by atoms with Gasteiger partial charge in [0.05, 0.1) is 20.1 Å². The van der Waals surface area contributed by atoms with Crippen molar-refractivity contribution in [2.75, 3.05) is 20.0 Å². The highest BCUT2D eigenvalue weighted by Gasteiger charge is 2.28. The van der Waals surface area contributed by atoms with E-state index in [2.05, 4.69) is 0 Å². The minimum absolute atomic E-state index is 0.00811. The fourth-order valence-electron chi connectivity index (χ4n) is 4.14.